The van der Waals surface area contributed by atoms with Crippen molar-refractivity contribution in [1.29, 1.82) is 5.26 Å². The third-order valence-corrected chi connectivity index (χ3v) is 8.34. The summed E-state index contributed by atoms with van der Waals surface area (Å²) in [5.74, 6) is -0.224. The van der Waals surface area contributed by atoms with Crippen LogP contribution in [0.4, 0.5) is 5.69 Å². The molecular formula is C28H25N3O4S. The minimum Gasteiger partial charge on any atom is -0.494 e. The molecule has 2 heterocycles. The summed E-state index contributed by atoms with van der Waals surface area (Å²) in [4.78, 5) is 0.00435. The number of nitriles is 1. The fourth-order valence-electron chi connectivity index (χ4n) is 4.68. The van der Waals surface area contributed by atoms with Gasteiger partial charge in [-0.2, -0.15) is 5.26 Å². The molecule has 2 N–H and O–H groups in total. The predicted molar refractivity (Wildman–Crippen MR) is 138 cm³/mol. The van der Waals surface area contributed by atoms with Gasteiger partial charge in [0, 0.05) is 5.56 Å². The molecule has 5 rings (SSSR count). The molecular weight excluding hydrogens is 474 g/mol. The number of hydrogen-bond acceptors (Lipinski definition) is 6. The maximum Gasteiger partial charge on any atom is 0.265 e. The Morgan fingerprint density at radius 2 is 1.75 bits per heavy atom. The van der Waals surface area contributed by atoms with Crippen LogP contribution >= 0.6 is 0 Å². The average molecular weight is 500 g/mol. The lowest BCUT2D eigenvalue weighted by atomic mass is 9.88. The maximum atomic E-state index is 14.3. The summed E-state index contributed by atoms with van der Waals surface area (Å²) >= 11 is 0. The lowest BCUT2D eigenvalue weighted by Crippen LogP contribution is -2.39. The molecule has 0 amide bonds. The number of anilines is 1. The van der Waals surface area contributed by atoms with Crippen LogP contribution in [0.3, 0.4) is 0 Å². The van der Waals surface area contributed by atoms with Gasteiger partial charge in [-0.15, -0.1) is 0 Å². The minimum absolute atomic E-state index is 0.00435. The molecule has 182 valence electrons. The number of para-hydroxylation sites is 1. The Balaban J connectivity index is 1.73. The van der Waals surface area contributed by atoms with Crippen molar-refractivity contribution in [3.05, 3.63) is 111 Å². The van der Waals surface area contributed by atoms with Gasteiger partial charge in [0.15, 0.2) is 5.76 Å². The molecule has 1 unspecified atom stereocenters. The Hall–Kier alpha value is -4.22. The van der Waals surface area contributed by atoms with Crippen LogP contribution in [0.15, 0.2) is 89.2 Å². The number of rotatable bonds is 5. The van der Waals surface area contributed by atoms with Crippen LogP contribution in [0.2, 0.25) is 0 Å². The fourth-order valence-corrected chi connectivity index (χ4v) is 6.58. The van der Waals surface area contributed by atoms with Crippen molar-refractivity contribution in [3.8, 4) is 11.8 Å². The highest BCUT2D eigenvalue weighted by atomic mass is 32.2. The van der Waals surface area contributed by atoms with Crippen LogP contribution in [-0.2, 0) is 21.3 Å². The van der Waals surface area contributed by atoms with Crippen LogP contribution < -0.4 is 14.8 Å². The third-order valence-electron chi connectivity index (χ3n) is 6.46. The Labute approximate surface area is 210 Å². The molecule has 0 bridgehead atoms. The van der Waals surface area contributed by atoms with Gasteiger partial charge < -0.3 is 15.2 Å². The summed E-state index contributed by atoms with van der Waals surface area (Å²) in [6.45, 7) is 4.48. The van der Waals surface area contributed by atoms with E-state index in [9.17, 15) is 13.7 Å². The topological polar surface area (TPSA) is 106 Å². The maximum absolute atomic E-state index is 14.3. The van der Waals surface area contributed by atoms with E-state index in [2.05, 4.69) is 6.07 Å². The van der Waals surface area contributed by atoms with Crippen molar-refractivity contribution < 1.29 is 17.9 Å². The minimum atomic E-state index is -4.12. The summed E-state index contributed by atoms with van der Waals surface area (Å²) in [6, 6.07) is 24.0. The van der Waals surface area contributed by atoms with E-state index < -0.39 is 15.9 Å². The molecule has 3 aromatic rings. The van der Waals surface area contributed by atoms with E-state index in [0.29, 0.717) is 29.2 Å². The summed E-state index contributed by atoms with van der Waals surface area (Å²) in [7, 11) is -4.12. The summed E-state index contributed by atoms with van der Waals surface area (Å²) in [5.41, 5.74) is 9.81. The van der Waals surface area contributed by atoms with Crippen molar-refractivity contribution in [3.63, 3.8) is 0 Å². The zero-order valence-electron chi connectivity index (χ0n) is 19.9. The largest absolute Gasteiger partial charge is 0.494 e. The smallest absolute Gasteiger partial charge is 0.265 e. The fraction of sp³-hybridized carbons (Fsp3) is 0.179. The van der Waals surface area contributed by atoms with E-state index >= 15 is 0 Å². The van der Waals surface area contributed by atoms with Crippen molar-refractivity contribution in [1.82, 2.24) is 0 Å². The van der Waals surface area contributed by atoms with E-state index in [4.69, 9.17) is 15.2 Å². The molecule has 0 aliphatic carbocycles. The predicted octanol–water partition coefficient (Wildman–Crippen LogP) is 4.92. The first-order chi connectivity index (χ1) is 17.4. The molecule has 36 heavy (non-hydrogen) atoms. The molecule has 1 atom stereocenters. The van der Waals surface area contributed by atoms with Crippen LogP contribution in [0.1, 0.15) is 35.1 Å². The molecule has 0 aromatic heterocycles. The molecule has 2 aliphatic rings. The molecule has 0 radical (unpaired) electrons. The molecule has 2 aliphatic heterocycles. The number of benzene rings is 3. The van der Waals surface area contributed by atoms with Gasteiger partial charge >= 0.3 is 0 Å². The van der Waals surface area contributed by atoms with Gasteiger partial charge in [0.25, 0.3) is 10.0 Å². The number of aryl methyl sites for hydroxylation is 1. The highest BCUT2D eigenvalue weighted by Crippen LogP contribution is 2.51. The monoisotopic (exact) mass is 499 g/mol. The van der Waals surface area contributed by atoms with Crippen LogP contribution in [0.25, 0.3) is 5.76 Å². The number of ether oxygens (including phenoxy) is 2. The number of hydrogen-bond donors (Lipinski definition) is 1. The first-order valence-electron chi connectivity index (χ1n) is 11.6. The second-order valence-corrected chi connectivity index (χ2v) is 10.4. The van der Waals surface area contributed by atoms with Gasteiger partial charge in [-0.25, -0.2) is 8.42 Å². The Bertz CT molecular complexity index is 1550. The molecule has 8 heteroatoms. The lowest BCUT2D eigenvalue weighted by Gasteiger charge is -2.38. The third kappa shape index (κ3) is 3.78. The molecule has 0 fully saturated rings. The van der Waals surface area contributed by atoms with Gasteiger partial charge in [-0.05, 0) is 54.8 Å². The normalized spacial score (nSPS) is 18.1. The molecule has 0 spiro atoms. The number of nitrogens with two attached hydrogens (primary N) is 1. The van der Waals surface area contributed by atoms with E-state index in [-0.39, 0.29) is 28.7 Å². The Morgan fingerprint density at radius 3 is 2.44 bits per heavy atom. The first kappa shape index (κ1) is 23.5. The highest BCUT2D eigenvalue weighted by Gasteiger charge is 2.47. The van der Waals surface area contributed by atoms with E-state index in [0.717, 1.165) is 11.1 Å². The molecule has 3 aromatic carbocycles. The van der Waals surface area contributed by atoms with Gasteiger partial charge in [-0.3, -0.25) is 4.31 Å². The van der Waals surface area contributed by atoms with Crippen LogP contribution in [-0.4, -0.2) is 15.0 Å². The van der Waals surface area contributed by atoms with Gasteiger partial charge in [0.05, 0.1) is 24.8 Å². The molecule has 0 saturated carbocycles. The van der Waals surface area contributed by atoms with Crippen molar-refractivity contribution in [2.24, 2.45) is 5.73 Å². The molecule has 7 nitrogen and oxygen atoms in total. The number of sulfonamides is 1. The van der Waals surface area contributed by atoms with Gasteiger partial charge in [-0.1, -0.05) is 48.5 Å². The van der Waals surface area contributed by atoms with Gasteiger partial charge in [0.2, 0.25) is 5.88 Å². The zero-order valence-corrected chi connectivity index (χ0v) is 20.7. The van der Waals surface area contributed by atoms with Crippen LogP contribution in [0.5, 0.6) is 5.75 Å². The summed E-state index contributed by atoms with van der Waals surface area (Å²) < 4.78 is 41.5. The first-order valence-corrected chi connectivity index (χ1v) is 13.0. The summed E-state index contributed by atoms with van der Waals surface area (Å²) in [6.07, 6.45) is 0. The van der Waals surface area contributed by atoms with E-state index in [1.54, 1.807) is 36.4 Å². The zero-order chi connectivity index (χ0) is 25.4. The van der Waals surface area contributed by atoms with Gasteiger partial charge in [0.1, 0.15) is 22.3 Å². The highest BCUT2D eigenvalue weighted by molar-refractivity contribution is 7.96. The number of allylic oxidation sites excluding steroid dienone is 2. The second kappa shape index (κ2) is 9.10. The van der Waals surface area contributed by atoms with E-state index in [1.165, 1.54) is 4.31 Å². The quantitative estimate of drug-likeness (QED) is 0.534. The van der Waals surface area contributed by atoms with E-state index in [1.807, 2.05) is 50.2 Å². The SMILES string of the molecule is CCOc1ccc(C2C(C#N)=C(N)OC3=C2S(=O)(=O)N(Cc2ccccc2C)c2ccccc23)cc1. The lowest BCUT2D eigenvalue weighted by molar-refractivity contribution is 0.340. The standard InChI is InChI=1S/C28H25N3O4S/c1-3-34-21-14-12-19(13-15-21)25-23(16-29)28(30)35-26-22-10-6-7-11-24(22)31(36(32,33)27(25)26)17-20-9-5-4-8-18(20)2/h4-15,25H,3,17,30H2,1-2H3. The summed E-state index contributed by atoms with van der Waals surface area (Å²) in [5, 5.41) is 10.0. The second-order valence-electron chi connectivity index (χ2n) is 8.58. The van der Waals surface area contributed by atoms with Crippen molar-refractivity contribution in [2.45, 2.75) is 26.3 Å². The van der Waals surface area contributed by atoms with Crippen molar-refractivity contribution >= 4 is 21.5 Å². The molecule has 0 saturated heterocycles. The number of nitrogens with zero attached hydrogens (tertiary/aromatic N) is 2. The van der Waals surface area contributed by atoms with Crippen molar-refractivity contribution in [2.75, 3.05) is 10.9 Å². The Kier molecular flexibility index (Phi) is 5.94. The average Bonchev–Trinajstić information content (AvgIpc) is 2.87. The van der Waals surface area contributed by atoms with Crippen LogP contribution in [0, 0.1) is 18.3 Å². The number of fused-ring (bicyclic) bond motifs is 2. The Morgan fingerprint density at radius 1 is 1.06 bits per heavy atom.